The number of hydrogen-bond acceptors (Lipinski definition) is 2. The maximum atomic E-state index is 6.09. The number of hydrogen-bond donors (Lipinski definition) is 1. The van der Waals surface area contributed by atoms with Crippen LogP contribution in [0.5, 0.6) is 0 Å². The number of aryl methyl sites for hydroxylation is 1. The van der Waals surface area contributed by atoms with Crippen LogP contribution in [-0.2, 0) is 13.1 Å². The first-order valence-corrected chi connectivity index (χ1v) is 10.2. The average Bonchev–Trinajstić information content (AvgIpc) is 3.25. The molecule has 3 nitrogen and oxygen atoms in total. The first kappa shape index (κ1) is 19.0. The van der Waals surface area contributed by atoms with E-state index in [0.717, 1.165) is 30.2 Å². The van der Waals surface area contributed by atoms with Gasteiger partial charge < -0.3 is 5.32 Å². The molecule has 1 N–H and O–H groups in total. The van der Waals surface area contributed by atoms with Gasteiger partial charge in [-0.3, -0.25) is 4.68 Å². The van der Waals surface area contributed by atoms with Gasteiger partial charge >= 0.3 is 0 Å². The number of benzene rings is 2. The number of aromatic nitrogens is 2. The Bertz CT molecular complexity index is 975. The highest BCUT2D eigenvalue weighted by atomic mass is 35.5. The van der Waals surface area contributed by atoms with Crippen molar-refractivity contribution in [3.63, 3.8) is 0 Å². The molecular weight excluding hydrogens is 366 g/mol. The van der Waals surface area contributed by atoms with Crippen LogP contribution in [0, 0.1) is 13.8 Å². The van der Waals surface area contributed by atoms with Gasteiger partial charge in [-0.1, -0.05) is 66.2 Å². The standard InChI is InChI=1S/C24H26ClN3/c1-17-24(18(2)28(27-17)16-19-7-4-3-5-8-19)21-11-12-23(14-21)26-15-20-9-6-10-22(25)13-20/h3-13,21,23,26H,14-16H2,1-2H3/t21-,23-/m1/s1. The summed E-state index contributed by atoms with van der Waals surface area (Å²) in [6.45, 7) is 5.97. The molecule has 4 heteroatoms. The SMILES string of the molecule is Cc1nn(Cc2ccccc2)c(C)c1[C@@H]1C=C[C@@H](NCc2cccc(Cl)c2)C1. The molecule has 1 aromatic heterocycles. The third-order valence-electron chi connectivity index (χ3n) is 5.52. The Balaban J connectivity index is 1.42. The second kappa shape index (κ2) is 8.34. The molecule has 0 aliphatic heterocycles. The Labute approximate surface area is 172 Å². The largest absolute Gasteiger partial charge is 0.306 e. The van der Waals surface area contributed by atoms with E-state index in [1.165, 1.54) is 22.4 Å². The van der Waals surface area contributed by atoms with E-state index in [1.807, 2.05) is 18.2 Å². The monoisotopic (exact) mass is 391 g/mol. The van der Waals surface area contributed by atoms with E-state index in [0.29, 0.717) is 12.0 Å². The van der Waals surface area contributed by atoms with Crippen molar-refractivity contribution in [2.45, 2.75) is 45.3 Å². The molecular formula is C24H26ClN3. The van der Waals surface area contributed by atoms with Gasteiger partial charge in [-0.2, -0.15) is 5.10 Å². The molecule has 3 aromatic rings. The molecule has 2 atom stereocenters. The van der Waals surface area contributed by atoms with E-state index < -0.39 is 0 Å². The van der Waals surface area contributed by atoms with E-state index in [-0.39, 0.29) is 0 Å². The summed E-state index contributed by atoms with van der Waals surface area (Å²) in [7, 11) is 0. The number of halogens is 1. The minimum absolute atomic E-state index is 0.375. The normalized spacial score (nSPS) is 18.7. The zero-order chi connectivity index (χ0) is 19.5. The molecule has 0 amide bonds. The predicted molar refractivity (Wildman–Crippen MR) is 116 cm³/mol. The van der Waals surface area contributed by atoms with Crippen LogP contribution in [0.25, 0.3) is 0 Å². The van der Waals surface area contributed by atoms with Crippen LogP contribution in [0.15, 0.2) is 66.7 Å². The van der Waals surface area contributed by atoms with Crippen molar-refractivity contribution in [3.05, 3.63) is 99.9 Å². The molecule has 28 heavy (non-hydrogen) atoms. The smallest absolute Gasteiger partial charge is 0.0662 e. The quantitative estimate of drug-likeness (QED) is 0.570. The lowest BCUT2D eigenvalue weighted by molar-refractivity contribution is 0.558. The Morgan fingerprint density at radius 3 is 2.61 bits per heavy atom. The van der Waals surface area contributed by atoms with Crippen molar-refractivity contribution in [1.29, 1.82) is 0 Å². The lowest BCUT2D eigenvalue weighted by Gasteiger charge is -2.15. The molecule has 1 heterocycles. The first-order chi connectivity index (χ1) is 13.6. The average molecular weight is 392 g/mol. The highest BCUT2D eigenvalue weighted by Gasteiger charge is 2.25. The molecule has 0 bridgehead atoms. The maximum Gasteiger partial charge on any atom is 0.0662 e. The number of nitrogens with one attached hydrogen (secondary N) is 1. The molecule has 0 saturated heterocycles. The molecule has 0 spiro atoms. The summed E-state index contributed by atoms with van der Waals surface area (Å²) < 4.78 is 2.14. The zero-order valence-corrected chi connectivity index (χ0v) is 17.2. The molecule has 144 valence electrons. The van der Waals surface area contributed by atoms with Gasteiger partial charge in [0.05, 0.1) is 12.2 Å². The van der Waals surface area contributed by atoms with Crippen LogP contribution >= 0.6 is 11.6 Å². The van der Waals surface area contributed by atoms with E-state index in [2.05, 4.69) is 72.4 Å². The molecule has 0 radical (unpaired) electrons. The van der Waals surface area contributed by atoms with Crippen molar-refractivity contribution in [1.82, 2.24) is 15.1 Å². The predicted octanol–water partition coefficient (Wildman–Crippen LogP) is 5.40. The minimum atomic E-state index is 0.375. The molecule has 4 rings (SSSR count). The van der Waals surface area contributed by atoms with Gasteiger partial charge in [-0.15, -0.1) is 0 Å². The number of allylic oxidation sites excluding steroid dienone is 1. The molecule has 1 aliphatic carbocycles. The van der Waals surface area contributed by atoms with Gasteiger partial charge in [0.2, 0.25) is 0 Å². The van der Waals surface area contributed by atoms with Crippen molar-refractivity contribution < 1.29 is 0 Å². The van der Waals surface area contributed by atoms with E-state index >= 15 is 0 Å². The first-order valence-electron chi connectivity index (χ1n) is 9.84. The topological polar surface area (TPSA) is 29.9 Å². The van der Waals surface area contributed by atoms with Crippen LogP contribution < -0.4 is 5.32 Å². The summed E-state index contributed by atoms with van der Waals surface area (Å²) in [5.41, 5.74) is 6.28. The third kappa shape index (κ3) is 4.21. The van der Waals surface area contributed by atoms with Crippen LogP contribution in [0.2, 0.25) is 5.02 Å². The van der Waals surface area contributed by atoms with Gasteiger partial charge in [0, 0.05) is 34.8 Å². The molecule has 0 saturated carbocycles. The van der Waals surface area contributed by atoms with Crippen LogP contribution in [0.3, 0.4) is 0 Å². The molecule has 2 aromatic carbocycles. The summed E-state index contributed by atoms with van der Waals surface area (Å²) in [6, 6.07) is 18.9. The molecule has 0 unspecified atom stereocenters. The summed E-state index contributed by atoms with van der Waals surface area (Å²) in [4.78, 5) is 0. The second-order valence-electron chi connectivity index (χ2n) is 7.57. The van der Waals surface area contributed by atoms with Crippen molar-refractivity contribution in [2.24, 2.45) is 0 Å². The Hall–Kier alpha value is -2.36. The third-order valence-corrected chi connectivity index (χ3v) is 5.76. The Morgan fingerprint density at radius 2 is 1.82 bits per heavy atom. The molecule has 0 fully saturated rings. The number of rotatable bonds is 6. The van der Waals surface area contributed by atoms with E-state index in [1.54, 1.807) is 0 Å². The van der Waals surface area contributed by atoms with Crippen molar-refractivity contribution in [2.75, 3.05) is 0 Å². The highest BCUT2D eigenvalue weighted by Crippen LogP contribution is 2.33. The van der Waals surface area contributed by atoms with Gasteiger partial charge in [-0.05, 0) is 43.5 Å². The van der Waals surface area contributed by atoms with Gasteiger partial charge in [0.1, 0.15) is 0 Å². The Kier molecular flexibility index (Phi) is 5.65. The second-order valence-corrected chi connectivity index (χ2v) is 8.01. The summed E-state index contributed by atoms with van der Waals surface area (Å²) in [6.07, 6.45) is 5.70. The summed E-state index contributed by atoms with van der Waals surface area (Å²) in [5, 5.41) is 9.25. The van der Waals surface area contributed by atoms with Crippen LogP contribution in [-0.4, -0.2) is 15.8 Å². The fourth-order valence-electron chi connectivity index (χ4n) is 4.12. The lowest BCUT2D eigenvalue weighted by atomic mass is 9.96. The van der Waals surface area contributed by atoms with E-state index in [9.17, 15) is 0 Å². The van der Waals surface area contributed by atoms with E-state index in [4.69, 9.17) is 16.7 Å². The molecule has 1 aliphatic rings. The van der Waals surface area contributed by atoms with Crippen molar-refractivity contribution >= 4 is 11.6 Å². The van der Waals surface area contributed by atoms with Gasteiger partial charge in [-0.25, -0.2) is 0 Å². The summed E-state index contributed by atoms with van der Waals surface area (Å²) >= 11 is 6.09. The zero-order valence-electron chi connectivity index (χ0n) is 16.4. The lowest BCUT2D eigenvalue weighted by Crippen LogP contribution is -2.25. The van der Waals surface area contributed by atoms with Gasteiger partial charge in [0.15, 0.2) is 0 Å². The fourth-order valence-corrected chi connectivity index (χ4v) is 4.33. The van der Waals surface area contributed by atoms with Crippen LogP contribution in [0.4, 0.5) is 0 Å². The highest BCUT2D eigenvalue weighted by molar-refractivity contribution is 6.30. The Morgan fingerprint density at radius 1 is 1.04 bits per heavy atom. The summed E-state index contributed by atoms with van der Waals surface area (Å²) in [5.74, 6) is 0.418. The van der Waals surface area contributed by atoms with Crippen molar-refractivity contribution in [3.8, 4) is 0 Å². The van der Waals surface area contributed by atoms with Crippen LogP contribution in [0.1, 0.15) is 40.4 Å². The minimum Gasteiger partial charge on any atom is -0.306 e. The van der Waals surface area contributed by atoms with Gasteiger partial charge in [0.25, 0.3) is 0 Å². The number of nitrogens with zero attached hydrogens (tertiary/aromatic N) is 2. The maximum absolute atomic E-state index is 6.09. The fraction of sp³-hybridized carbons (Fsp3) is 0.292.